The third-order valence-electron chi connectivity index (χ3n) is 4.34. The standard InChI is InChI=1S/C16H17N3O5S2/c1-3-18-7-6-9-11(8-18)26-15(13(9)16(21)24-2)17-14(20)10-4-5-12(25-10)19(22)23/h4-5H,3,6-8H2,1-2H3,(H,17,20)/p+1. The number of amides is 1. The Morgan fingerprint density at radius 2 is 2.15 bits per heavy atom. The number of carbonyl (C=O) groups is 2. The molecule has 2 N–H and O–H groups in total. The van der Waals surface area contributed by atoms with E-state index < -0.39 is 16.8 Å². The van der Waals surface area contributed by atoms with E-state index in [4.69, 9.17) is 4.74 Å². The Morgan fingerprint density at radius 3 is 2.77 bits per heavy atom. The molecule has 0 aliphatic carbocycles. The maximum atomic E-state index is 12.5. The molecule has 0 saturated carbocycles. The van der Waals surface area contributed by atoms with E-state index in [1.807, 2.05) is 0 Å². The van der Waals surface area contributed by atoms with Crippen LogP contribution in [0.3, 0.4) is 0 Å². The molecule has 3 heterocycles. The molecule has 138 valence electrons. The fourth-order valence-corrected chi connectivity index (χ4v) is 4.98. The number of nitrogens with zero attached hydrogens (tertiary/aromatic N) is 1. The number of nitrogens with one attached hydrogen (secondary N) is 2. The molecule has 0 radical (unpaired) electrons. The number of anilines is 1. The van der Waals surface area contributed by atoms with Gasteiger partial charge >= 0.3 is 11.0 Å². The predicted octanol–water partition coefficient (Wildman–Crippen LogP) is 1.72. The molecule has 1 unspecified atom stereocenters. The van der Waals surface area contributed by atoms with Crippen LogP contribution >= 0.6 is 22.7 Å². The summed E-state index contributed by atoms with van der Waals surface area (Å²) >= 11 is 2.18. The van der Waals surface area contributed by atoms with Gasteiger partial charge in [-0.05, 0) is 18.6 Å². The topological polar surface area (TPSA) is 103 Å². The second-order valence-corrected chi connectivity index (χ2v) is 8.00. The summed E-state index contributed by atoms with van der Waals surface area (Å²) in [7, 11) is 1.31. The number of thiophene rings is 2. The van der Waals surface area contributed by atoms with Crippen LogP contribution in [0.5, 0.6) is 0 Å². The fourth-order valence-electron chi connectivity index (χ4n) is 2.96. The van der Waals surface area contributed by atoms with E-state index in [0.29, 0.717) is 10.6 Å². The van der Waals surface area contributed by atoms with Crippen LogP contribution in [0, 0.1) is 10.1 Å². The minimum Gasteiger partial charge on any atom is -0.465 e. The van der Waals surface area contributed by atoms with E-state index in [1.165, 1.54) is 35.5 Å². The lowest BCUT2D eigenvalue weighted by Gasteiger charge is -2.22. The largest absolute Gasteiger partial charge is 0.465 e. The van der Waals surface area contributed by atoms with Gasteiger partial charge in [0.05, 0.1) is 40.4 Å². The van der Waals surface area contributed by atoms with Gasteiger partial charge < -0.3 is 15.0 Å². The summed E-state index contributed by atoms with van der Waals surface area (Å²) in [6.07, 6.45) is 0.750. The first-order chi connectivity index (χ1) is 12.4. The first kappa shape index (κ1) is 18.5. The molecule has 0 spiro atoms. The van der Waals surface area contributed by atoms with Gasteiger partial charge in [0.25, 0.3) is 5.91 Å². The quantitative estimate of drug-likeness (QED) is 0.455. The molecule has 0 bridgehead atoms. The molecule has 10 heteroatoms. The number of esters is 1. The molecule has 0 fully saturated rings. The number of rotatable bonds is 5. The number of quaternary nitrogens is 1. The Labute approximate surface area is 157 Å². The monoisotopic (exact) mass is 396 g/mol. The van der Waals surface area contributed by atoms with E-state index in [-0.39, 0.29) is 9.88 Å². The van der Waals surface area contributed by atoms with Crippen LogP contribution < -0.4 is 10.2 Å². The summed E-state index contributed by atoms with van der Waals surface area (Å²) in [6, 6.07) is 2.70. The van der Waals surface area contributed by atoms with Crippen LogP contribution in [0.15, 0.2) is 12.1 Å². The van der Waals surface area contributed by atoms with Crippen molar-refractivity contribution in [1.82, 2.24) is 0 Å². The number of hydrogen-bond acceptors (Lipinski definition) is 7. The van der Waals surface area contributed by atoms with Crippen molar-refractivity contribution in [2.45, 2.75) is 19.9 Å². The van der Waals surface area contributed by atoms with E-state index >= 15 is 0 Å². The molecule has 1 aliphatic heterocycles. The summed E-state index contributed by atoms with van der Waals surface area (Å²) in [6.45, 7) is 4.84. The zero-order valence-electron chi connectivity index (χ0n) is 14.3. The summed E-state index contributed by atoms with van der Waals surface area (Å²) in [5.41, 5.74) is 1.34. The van der Waals surface area contributed by atoms with Gasteiger partial charge in [-0.1, -0.05) is 11.3 Å². The molecule has 1 atom stereocenters. The average molecular weight is 396 g/mol. The highest BCUT2D eigenvalue weighted by Crippen LogP contribution is 2.36. The number of carbonyl (C=O) groups excluding carboxylic acids is 2. The van der Waals surface area contributed by atoms with Crippen LogP contribution in [-0.2, 0) is 17.7 Å². The normalized spacial score (nSPS) is 16.0. The lowest BCUT2D eigenvalue weighted by Crippen LogP contribution is -3.11. The minimum atomic E-state index is -0.534. The van der Waals surface area contributed by atoms with Crippen molar-refractivity contribution in [2.24, 2.45) is 0 Å². The third kappa shape index (κ3) is 3.48. The van der Waals surface area contributed by atoms with Gasteiger partial charge in [-0.2, -0.15) is 0 Å². The molecule has 1 amide bonds. The molecule has 1 aliphatic rings. The van der Waals surface area contributed by atoms with E-state index in [1.54, 1.807) is 0 Å². The number of methoxy groups -OCH3 is 1. The number of hydrogen-bond donors (Lipinski definition) is 2. The van der Waals surface area contributed by atoms with Gasteiger partial charge in [0, 0.05) is 12.5 Å². The molecule has 3 rings (SSSR count). The number of ether oxygens (including phenoxy) is 1. The Morgan fingerprint density at radius 1 is 1.38 bits per heavy atom. The molecular weight excluding hydrogens is 378 g/mol. The molecule has 26 heavy (non-hydrogen) atoms. The van der Waals surface area contributed by atoms with Crippen LogP contribution in [0.25, 0.3) is 0 Å². The smallest absolute Gasteiger partial charge is 0.341 e. The Bertz CT molecular complexity index is 873. The SMILES string of the molecule is CC[NH+]1CCc2c(sc(NC(=O)c3ccc([N+](=O)[O-])s3)c2C(=O)OC)C1. The second kappa shape index (κ2) is 7.52. The Kier molecular flexibility index (Phi) is 5.35. The lowest BCUT2D eigenvalue weighted by atomic mass is 10.0. The van der Waals surface area contributed by atoms with Crippen molar-refractivity contribution >= 4 is 44.6 Å². The van der Waals surface area contributed by atoms with Gasteiger partial charge in [-0.15, -0.1) is 11.3 Å². The second-order valence-electron chi connectivity index (χ2n) is 5.83. The van der Waals surface area contributed by atoms with Crippen molar-refractivity contribution in [3.05, 3.63) is 43.1 Å². The van der Waals surface area contributed by atoms with Crippen LogP contribution in [0.1, 0.15) is 37.4 Å². The summed E-state index contributed by atoms with van der Waals surface area (Å²) in [4.78, 5) is 37.7. The van der Waals surface area contributed by atoms with Crippen molar-refractivity contribution < 1.29 is 24.1 Å². The van der Waals surface area contributed by atoms with Gasteiger partial charge in [0.1, 0.15) is 11.5 Å². The highest BCUT2D eigenvalue weighted by molar-refractivity contribution is 7.18. The first-order valence-corrected chi connectivity index (χ1v) is 9.69. The van der Waals surface area contributed by atoms with Crippen LogP contribution in [-0.4, -0.2) is 37.0 Å². The highest BCUT2D eigenvalue weighted by atomic mass is 32.1. The first-order valence-electron chi connectivity index (χ1n) is 8.06. The Hall–Kier alpha value is -2.30. The zero-order chi connectivity index (χ0) is 18.8. The fraction of sp³-hybridized carbons (Fsp3) is 0.375. The number of nitro groups is 1. The van der Waals surface area contributed by atoms with Gasteiger partial charge in [0.2, 0.25) is 0 Å². The van der Waals surface area contributed by atoms with E-state index in [2.05, 4.69) is 12.2 Å². The van der Waals surface area contributed by atoms with Crippen molar-refractivity contribution in [2.75, 3.05) is 25.5 Å². The van der Waals surface area contributed by atoms with Crippen LogP contribution in [0.4, 0.5) is 10.0 Å². The summed E-state index contributed by atoms with van der Waals surface area (Å²) in [5, 5.41) is 13.9. The number of likely N-dealkylation sites (N-methyl/N-ethyl adjacent to an activating group) is 1. The van der Waals surface area contributed by atoms with Crippen LogP contribution in [0.2, 0.25) is 0 Å². The van der Waals surface area contributed by atoms with Crippen molar-refractivity contribution in [1.29, 1.82) is 0 Å². The average Bonchev–Trinajstić information content (AvgIpc) is 3.25. The zero-order valence-corrected chi connectivity index (χ0v) is 15.9. The van der Waals surface area contributed by atoms with Crippen molar-refractivity contribution in [3.63, 3.8) is 0 Å². The van der Waals surface area contributed by atoms with Gasteiger partial charge in [0.15, 0.2) is 0 Å². The molecule has 2 aromatic rings. The van der Waals surface area contributed by atoms with E-state index in [0.717, 1.165) is 47.8 Å². The lowest BCUT2D eigenvalue weighted by molar-refractivity contribution is -0.913. The molecule has 8 nitrogen and oxygen atoms in total. The molecule has 0 aromatic carbocycles. The summed E-state index contributed by atoms with van der Waals surface area (Å²) < 4.78 is 4.90. The van der Waals surface area contributed by atoms with Gasteiger partial charge in [-0.25, -0.2) is 4.79 Å². The highest BCUT2D eigenvalue weighted by Gasteiger charge is 2.31. The minimum absolute atomic E-state index is 0.101. The van der Waals surface area contributed by atoms with Gasteiger partial charge in [-0.3, -0.25) is 14.9 Å². The molecule has 0 saturated heterocycles. The maximum Gasteiger partial charge on any atom is 0.341 e. The van der Waals surface area contributed by atoms with Crippen molar-refractivity contribution in [3.8, 4) is 0 Å². The number of fused-ring (bicyclic) bond motifs is 1. The maximum absolute atomic E-state index is 12.5. The Balaban J connectivity index is 1.91. The molecular formula is C16H18N3O5S2+. The third-order valence-corrected chi connectivity index (χ3v) is 6.53. The summed E-state index contributed by atoms with van der Waals surface area (Å²) in [5.74, 6) is -0.943. The molecule has 2 aromatic heterocycles. The predicted molar refractivity (Wildman–Crippen MR) is 98.4 cm³/mol. The van der Waals surface area contributed by atoms with E-state index in [9.17, 15) is 19.7 Å².